The molecular formula is C24H33ClN4O. The van der Waals surface area contributed by atoms with Crippen LogP contribution < -0.4 is 5.32 Å². The zero-order valence-corrected chi connectivity index (χ0v) is 18.9. The van der Waals surface area contributed by atoms with E-state index >= 15 is 0 Å². The molecule has 4 rings (SSSR count). The number of halogens is 1. The summed E-state index contributed by atoms with van der Waals surface area (Å²) in [6.45, 7) is 5.34. The van der Waals surface area contributed by atoms with Gasteiger partial charge in [0.15, 0.2) is 0 Å². The lowest BCUT2D eigenvalue weighted by Crippen LogP contribution is -2.49. The maximum atomic E-state index is 12.6. The number of aryl methyl sites for hydroxylation is 2. The first kappa shape index (κ1) is 21.4. The van der Waals surface area contributed by atoms with Gasteiger partial charge in [-0.1, -0.05) is 60.7 Å². The number of hydrogen-bond donors (Lipinski definition) is 1. The third kappa shape index (κ3) is 4.57. The van der Waals surface area contributed by atoms with Crippen LogP contribution in [0.15, 0.2) is 30.5 Å². The molecule has 1 saturated carbocycles. The Hall–Kier alpha value is -1.85. The summed E-state index contributed by atoms with van der Waals surface area (Å²) in [6.07, 6.45) is 10.1. The van der Waals surface area contributed by atoms with Crippen molar-refractivity contribution in [2.75, 3.05) is 19.6 Å². The molecule has 1 N–H and O–H groups in total. The second kappa shape index (κ2) is 9.11. The highest BCUT2D eigenvalue weighted by molar-refractivity contribution is 6.33. The van der Waals surface area contributed by atoms with E-state index in [1.54, 1.807) is 11.7 Å². The van der Waals surface area contributed by atoms with Gasteiger partial charge in [-0.25, -0.2) is 0 Å². The first-order valence-corrected chi connectivity index (χ1v) is 11.6. The van der Waals surface area contributed by atoms with Crippen molar-refractivity contribution in [3.63, 3.8) is 0 Å². The molecule has 1 aromatic carbocycles. The summed E-state index contributed by atoms with van der Waals surface area (Å²) in [4.78, 5) is 15.2. The SMILES string of the molecule is Cc1ccc(C2(CN3CCC(NC(=O)c4c(Cl)cnn4C)CC3)CCCCC2)cc1. The predicted octanol–water partition coefficient (Wildman–Crippen LogP) is 4.48. The Morgan fingerprint density at radius 1 is 1.17 bits per heavy atom. The Labute approximate surface area is 184 Å². The second-order valence-corrected chi connectivity index (χ2v) is 9.60. The smallest absolute Gasteiger partial charge is 0.271 e. The van der Waals surface area contributed by atoms with Gasteiger partial charge in [-0.3, -0.25) is 9.48 Å². The van der Waals surface area contributed by atoms with Crippen LogP contribution in [0.4, 0.5) is 0 Å². The van der Waals surface area contributed by atoms with Crippen LogP contribution in [0.2, 0.25) is 5.02 Å². The largest absolute Gasteiger partial charge is 0.348 e. The number of carbonyl (C=O) groups excluding carboxylic acids is 1. The fourth-order valence-electron chi connectivity index (χ4n) is 5.26. The van der Waals surface area contributed by atoms with Crippen LogP contribution in [0.3, 0.4) is 0 Å². The number of hydrogen-bond acceptors (Lipinski definition) is 3. The molecule has 2 aromatic rings. The van der Waals surface area contributed by atoms with Crippen LogP contribution >= 0.6 is 11.6 Å². The first-order chi connectivity index (χ1) is 14.5. The highest BCUT2D eigenvalue weighted by atomic mass is 35.5. The number of carbonyl (C=O) groups is 1. The van der Waals surface area contributed by atoms with Crippen molar-refractivity contribution in [3.8, 4) is 0 Å². The molecule has 1 aliphatic heterocycles. The molecule has 5 nitrogen and oxygen atoms in total. The molecule has 0 spiro atoms. The van der Waals surface area contributed by atoms with Gasteiger partial charge in [0.05, 0.1) is 11.2 Å². The van der Waals surface area contributed by atoms with E-state index in [-0.39, 0.29) is 17.4 Å². The van der Waals surface area contributed by atoms with Gasteiger partial charge in [-0.05, 0) is 38.2 Å². The molecule has 1 aromatic heterocycles. The second-order valence-electron chi connectivity index (χ2n) is 9.20. The lowest BCUT2D eigenvalue weighted by Gasteiger charge is -2.44. The topological polar surface area (TPSA) is 50.2 Å². The Bertz CT molecular complexity index is 842. The van der Waals surface area contributed by atoms with E-state index in [4.69, 9.17) is 11.6 Å². The van der Waals surface area contributed by atoms with Crippen molar-refractivity contribution in [2.24, 2.45) is 7.05 Å². The number of rotatable bonds is 5. The maximum Gasteiger partial charge on any atom is 0.271 e. The molecule has 1 amide bonds. The standard InChI is InChI=1S/C24H33ClN4O/c1-18-6-8-19(9-7-18)24(12-4-3-5-13-24)17-29-14-10-20(11-15-29)27-23(30)22-21(25)16-26-28(22)2/h6-9,16,20H,3-5,10-15,17H2,1-2H3,(H,27,30). The number of piperidine rings is 1. The number of aromatic nitrogens is 2. The van der Waals surface area contributed by atoms with Crippen LogP contribution in [-0.4, -0.2) is 46.3 Å². The highest BCUT2D eigenvalue weighted by Gasteiger charge is 2.36. The van der Waals surface area contributed by atoms with Gasteiger partial charge < -0.3 is 10.2 Å². The van der Waals surface area contributed by atoms with Crippen molar-refractivity contribution in [2.45, 2.75) is 63.3 Å². The molecule has 6 heteroatoms. The van der Waals surface area contributed by atoms with Crippen LogP contribution in [0, 0.1) is 6.92 Å². The van der Waals surface area contributed by atoms with Crippen LogP contribution in [0.5, 0.6) is 0 Å². The summed E-state index contributed by atoms with van der Waals surface area (Å²) in [5, 5.41) is 7.64. The van der Waals surface area contributed by atoms with Gasteiger partial charge in [-0.2, -0.15) is 5.10 Å². The Morgan fingerprint density at radius 2 is 1.83 bits per heavy atom. The summed E-state index contributed by atoms with van der Waals surface area (Å²) in [5.41, 5.74) is 3.56. The molecule has 2 aliphatic rings. The van der Waals surface area contributed by atoms with Crippen molar-refractivity contribution >= 4 is 17.5 Å². The van der Waals surface area contributed by atoms with Gasteiger partial charge in [-0.15, -0.1) is 0 Å². The van der Waals surface area contributed by atoms with Crippen molar-refractivity contribution in [1.82, 2.24) is 20.0 Å². The number of nitrogens with one attached hydrogen (secondary N) is 1. The minimum Gasteiger partial charge on any atom is -0.348 e. The molecular weight excluding hydrogens is 396 g/mol. The summed E-state index contributed by atoms with van der Waals surface area (Å²) in [5.74, 6) is -0.123. The van der Waals surface area contributed by atoms with E-state index in [2.05, 4.69) is 46.5 Å². The third-order valence-electron chi connectivity index (χ3n) is 7.03. The molecule has 0 unspecified atom stereocenters. The van der Waals surface area contributed by atoms with Crippen molar-refractivity contribution in [1.29, 1.82) is 0 Å². The fraction of sp³-hybridized carbons (Fsp3) is 0.583. The van der Waals surface area contributed by atoms with Gasteiger partial charge in [0.25, 0.3) is 5.91 Å². The van der Waals surface area contributed by atoms with Crippen LogP contribution in [0.25, 0.3) is 0 Å². The van der Waals surface area contributed by atoms with Crippen molar-refractivity contribution < 1.29 is 4.79 Å². The fourth-order valence-corrected chi connectivity index (χ4v) is 5.51. The molecule has 2 fully saturated rings. The number of likely N-dealkylation sites (tertiary alicyclic amines) is 1. The molecule has 1 aliphatic carbocycles. The zero-order valence-electron chi connectivity index (χ0n) is 18.2. The lowest BCUT2D eigenvalue weighted by atomic mass is 9.69. The molecule has 162 valence electrons. The minimum atomic E-state index is -0.123. The molecule has 0 radical (unpaired) electrons. The first-order valence-electron chi connectivity index (χ1n) is 11.2. The quantitative estimate of drug-likeness (QED) is 0.763. The average molecular weight is 429 g/mol. The Kier molecular flexibility index (Phi) is 6.49. The predicted molar refractivity (Wildman–Crippen MR) is 121 cm³/mol. The molecule has 0 bridgehead atoms. The summed E-state index contributed by atoms with van der Waals surface area (Å²) in [7, 11) is 1.75. The van der Waals surface area contributed by atoms with E-state index in [9.17, 15) is 4.79 Å². The molecule has 30 heavy (non-hydrogen) atoms. The number of nitrogens with zero attached hydrogens (tertiary/aromatic N) is 3. The van der Waals surface area contributed by atoms with E-state index in [0.717, 1.165) is 32.5 Å². The summed E-state index contributed by atoms with van der Waals surface area (Å²) >= 11 is 6.12. The van der Waals surface area contributed by atoms with Crippen LogP contribution in [-0.2, 0) is 12.5 Å². The molecule has 0 atom stereocenters. The van der Waals surface area contributed by atoms with Gasteiger partial charge in [0.2, 0.25) is 0 Å². The van der Waals surface area contributed by atoms with E-state index in [1.807, 2.05) is 0 Å². The molecule has 2 heterocycles. The normalized spacial score (nSPS) is 20.2. The highest BCUT2D eigenvalue weighted by Crippen LogP contribution is 2.40. The minimum absolute atomic E-state index is 0.123. The van der Waals surface area contributed by atoms with Crippen LogP contribution in [0.1, 0.15) is 66.6 Å². The third-order valence-corrected chi connectivity index (χ3v) is 7.31. The van der Waals surface area contributed by atoms with E-state index in [0.29, 0.717) is 10.7 Å². The summed E-state index contributed by atoms with van der Waals surface area (Å²) < 4.78 is 1.54. The summed E-state index contributed by atoms with van der Waals surface area (Å²) in [6, 6.07) is 9.42. The van der Waals surface area contributed by atoms with E-state index in [1.165, 1.54) is 49.4 Å². The van der Waals surface area contributed by atoms with Gasteiger partial charge >= 0.3 is 0 Å². The maximum absolute atomic E-state index is 12.6. The molecule has 1 saturated heterocycles. The van der Waals surface area contributed by atoms with Gasteiger partial charge in [0, 0.05) is 38.1 Å². The van der Waals surface area contributed by atoms with E-state index < -0.39 is 0 Å². The lowest BCUT2D eigenvalue weighted by molar-refractivity contribution is 0.0882. The Balaban J connectivity index is 1.37. The monoisotopic (exact) mass is 428 g/mol. The number of benzene rings is 1. The Morgan fingerprint density at radius 3 is 2.43 bits per heavy atom. The van der Waals surface area contributed by atoms with Gasteiger partial charge in [0.1, 0.15) is 5.69 Å². The average Bonchev–Trinajstić information content (AvgIpc) is 3.09. The number of amides is 1. The zero-order chi connectivity index (χ0) is 21.1. The van der Waals surface area contributed by atoms with Crippen molar-refractivity contribution in [3.05, 3.63) is 52.3 Å².